The van der Waals surface area contributed by atoms with Crippen molar-refractivity contribution in [3.05, 3.63) is 0 Å². The SMILES string of the molecule is COC(=O)C1CCN(C(=O)C(C)Cl)C1. The molecule has 0 N–H and O–H groups in total. The number of ether oxygens (including phenoxy) is 1. The van der Waals surface area contributed by atoms with E-state index in [-0.39, 0.29) is 17.8 Å². The van der Waals surface area contributed by atoms with Gasteiger partial charge in [-0.25, -0.2) is 0 Å². The van der Waals surface area contributed by atoms with Gasteiger partial charge in [0.05, 0.1) is 13.0 Å². The minimum Gasteiger partial charge on any atom is -0.469 e. The summed E-state index contributed by atoms with van der Waals surface area (Å²) in [7, 11) is 1.36. The second-order valence-electron chi connectivity index (χ2n) is 3.41. The second kappa shape index (κ2) is 4.64. The van der Waals surface area contributed by atoms with E-state index in [2.05, 4.69) is 4.74 Å². The molecular weight excluding hydrogens is 206 g/mol. The van der Waals surface area contributed by atoms with Gasteiger partial charge in [0.2, 0.25) is 5.91 Å². The molecule has 1 rings (SSSR count). The summed E-state index contributed by atoms with van der Waals surface area (Å²) in [5.41, 5.74) is 0. The first-order valence-corrected chi connectivity index (χ1v) is 5.00. The third-order valence-electron chi connectivity index (χ3n) is 2.37. The van der Waals surface area contributed by atoms with E-state index in [9.17, 15) is 9.59 Å². The van der Waals surface area contributed by atoms with Crippen LogP contribution >= 0.6 is 11.6 Å². The Balaban J connectivity index is 2.49. The van der Waals surface area contributed by atoms with Gasteiger partial charge in [-0.2, -0.15) is 0 Å². The van der Waals surface area contributed by atoms with Gasteiger partial charge in [0.25, 0.3) is 0 Å². The highest BCUT2D eigenvalue weighted by atomic mass is 35.5. The Kier molecular flexibility index (Phi) is 3.75. The Hall–Kier alpha value is -0.770. The van der Waals surface area contributed by atoms with Crippen LogP contribution in [0.3, 0.4) is 0 Å². The first-order valence-electron chi connectivity index (χ1n) is 4.57. The molecule has 0 aromatic heterocycles. The molecule has 80 valence electrons. The monoisotopic (exact) mass is 219 g/mol. The maximum absolute atomic E-state index is 11.4. The molecule has 0 aromatic carbocycles. The van der Waals surface area contributed by atoms with Crippen molar-refractivity contribution in [1.29, 1.82) is 0 Å². The lowest BCUT2D eigenvalue weighted by Gasteiger charge is -2.17. The van der Waals surface area contributed by atoms with Crippen LogP contribution in [0, 0.1) is 5.92 Å². The number of likely N-dealkylation sites (tertiary alicyclic amines) is 1. The number of amides is 1. The third-order valence-corrected chi connectivity index (χ3v) is 2.56. The van der Waals surface area contributed by atoms with Crippen LogP contribution in [0.4, 0.5) is 0 Å². The van der Waals surface area contributed by atoms with E-state index in [0.29, 0.717) is 19.5 Å². The minimum atomic E-state index is -0.522. The summed E-state index contributed by atoms with van der Waals surface area (Å²) in [6, 6.07) is 0. The number of hydrogen-bond acceptors (Lipinski definition) is 3. The summed E-state index contributed by atoms with van der Waals surface area (Å²) in [5.74, 6) is -0.542. The number of nitrogens with zero attached hydrogens (tertiary/aromatic N) is 1. The largest absolute Gasteiger partial charge is 0.469 e. The van der Waals surface area contributed by atoms with Crippen molar-refractivity contribution in [1.82, 2.24) is 4.90 Å². The van der Waals surface area contributed by atoms with Gasteiger partial charge < -0.3 is 9.64 Å². The lowest BCUT2D eigenvalue weighted by Crippen LogP contribution is -2.34. The molecule has 14 heavy (non-hydrogen) atoms. The van der Waals surface area contributed by atoms with Crippen LogP contribution in [0.5, 0.6) is 0 Å². The Bertz CT molecular complexity index is 242. The van der Waals surface area contributed by atoms with E-state index in [1.165, 1.54) is 7.11 Å². The average Bonchev–Trinajstić information content (AvgIpc) is 2.64. The molecule has 1 aliphatic rings. The lowest BCUT2D eigenvalue weighted by atomic mass is 10.1. The molecule has 1 fully saturated rings. The molecule has 0 spiro atoms. The predicted octanol–water partition coefficient (Wildman–Crippen LogP) is 0.635. The molecule has 2 unspecified atom stereocenters. The van der Waals surface area contributed by atoms with Gasteiger partial charge in [-0.05, 0) is 13.3 Å². The van der Waals surface area contributed by atoms with Gasteiger partial charge in [-0.15, -0.1) is 11.6 Å². The molecule has 0 aliphatic carbocycles. The van der Waals surface area contributed by atoms with Crippen molar-refractivity contribution in [3.63, 3.8) is 0 Å². The molecule has 5 heteroatoms. The Morgan fingerprint density at radius 2 is 2.21 bits per heavy atom. The Labute approximate surface area is 88.2 Å². The Morgan fingerprint density at radius 3 is 2.71 bits per heavy atom. The summed E-state index contributed by atoms with van der Waals surface area (Å²) in [5, 5.41) is -0.522. The standard InChI is InChI=1S/C9H14ClNO3/c1-6(10)8(12)11-4-3-7(5-11)9(13)14-2/h6-7H,3-5H2,1-2H3. The number of esters is 1. The maximum atomic E-state index is 11.4. The topological polar surface area (TPSA) is 46.6 Å². The van der Waals surface area contributed by atoms with Crippen LogP contribution in [0.15, 0.2) is 0 Å². The number of rotatable bonds is 2. The quantitative estimate of drug-likeness (QED) is 0.506. The smallest absolute Gasteiger partial charge is 0.310 e. The fourth-order valence-corrected chi connectivity index (χ4v) is 1.71. The highest BCUT2D eigenvalue weighted by Gasteiger charge is 2.32. The van der Waals surface area contributed by atoms with Crippen LogP contribution in [0.25, 0.3) is 0 Å². The maximum Gasteiger partial charge on any atom is 0.310 e. The van der Waals surface area contributed by atoms with Crippen LogP contribution < -0.4 is 0 Å². The predicted molar refractivity (Wildman–Crippen MR) is 52.0 cm³/mol. The van der Waals surface area contributed by atoms with Gasteiger partial charge in [0.1, 0.15) is 5.38 Å². The van der Waals surface area contributed by atoms with Gasteiger partial charge >= 0.3 is 5.97 Å². The fraction of sp³-hybridized carbons (Fsp3) is 0.778. The zero-order chi connectivity index (χ0) is 10.7. The molecule has 1 aliphatic heterocycles. The van der Waals surface area contributed by atoms with Crippen LogP contribution in [0.1, 0.15) is 13.3 Å². The summed E-state index contributed by atoms with van der Waals surface area (Å²) >= 11 is 5.66. The molecule has 0 aromatic rings. The van der Waals surface area contributed by atoms with Gasteiger partial charge in [-0.3, -0.25) is 9.59 Å². The van der Waals surface area contributed by atoms with Crippen molar-refractivity contribution in [2.75, 3.05) is 20.2 Å². The minimum absolute atomic E-state index is 0.113. The number of alkyl halides is 1. The van der Waals surface area contributed by atoms with Crippen molar-refractivity contribution >= 4 is 23.5 Å². The normalized spacial score (nSPS) is 23.4. The zero-order valence-corrected chi connectivity index (χ0v) is 9.08. The summed E-state index contributed by atoms with van der Waals surface area (Å²) < 4.78 is 4.61. The molecule has 0 saturated carbocycles. The number of carbonyl (C=O) groups excluding carboxylic acids is 2. The molecule has 1 heterocycles. The van der Waals surface area contributed by atoms with E-state index >= 15 is 0 Å². The molecular formula is C9H14ClNO3. The third kappa shape index (κ3) is 2.38. The fourth-order valence-electron chi connectivity index (χ4n) is 1.57. The summed E-state index contributed by atoms with van der Waals surface area (Å²) in [6.07, 6.45) is 0.669. The number of methoxy groups -OCH3 is 1. The molecule has 0 radical (unpaired) electrons. The summed E-state index contributed by atoms with van der Waals surface area (Å²) in [4.78, 5) is 24.2. The van der Waals surface area contributed by atoms with Crippen molar-refractivity contribution in [3.8, 4) is 0 Å². The van der Waals surface area contributed by atoms with E-state index in [0.717, 1.165) is 0 Å². The molecule has 0 bridgehead atoms. The number of hydrogen-bond donors (Lipinski definition) is 0. The van der Waals surface area contributed by atoms with Gasteiger partial charge in [0.15, 0.2) is 0 Å². The van der Waals surface area contributed by atoms with Crippen LogP contribution in [0.2, 0.25) is 0 Å². The molecule has 2 atom stereocenters. The highest BCUT2D eigenvalue weighted by Crippen LogP contribution is 2.19. The average molecular weight is 220 g/mol. The number of halogens is 1. The van der Waals surface area contributed by atoms with Crippen molar-refractivity contribution in [2.24, 2.45) is 5.92 Å². The van der Waals surface area contributed by atoms with Gasteiger partial charge in [-0.1, -0.05) is 0 Å². The van der Waals surface area contributed by atoms with E-state index in [1.54, 1.807) is 11.8 Å². The molecule has 1 saturated heterocycles. The lowest BCUT2D eigenvalue weighted by molar-refractivity contribution is -0.145. The van der Waals surface area contributed by atoms with E-state index in [4.69, 9.17) is 11.6 Å². The van der Waals surface area contributed by atoms with Crippen molar-refractivity contribution in [2.45, 2.75) is 18.7 Å². The molecule has 1 amide bonds. The summed E-state index contributed by atoms with van der Waals surface area (Å²) in [6.45, 7) is 2.66. The van der Waals surface area contributed by atoms with Crippen LogP contribution in [-0.4, -0.2) is 42.4 Å². The van der Waals surface area contributed by atoms with Crippen molar-refractivity contribution < 1.29 is 14.3 Å². The first-order chi connectivity index (χ1) is 6.56. The second-order valence-corrected chi connectivity index (χ2v) is 4.06. The molecule has 4 nitrogen and oxygen atoms in total. The van der Waals surface area contributed by atoms with Crippen LogP contribution in [-0.2, 0) is 14.3 Å². The zero-order valence-electron chi connectivity index (χ0n) is 8.33. The van der Waals surface area contributed by atoms with Gasteiger partial charge in [0, 0.05) is 13.1 Å². The Morgan fingerprint density at radius 1 is 1.57 bits per heavy atom. The van der Waals surface area contributed by atoms with E-state index in [1.807, 2.05) is 0 Å². The number of carbonyl (C=O) groups is 2. The highest BCUT2D eigenvalue weighted by molar-refractivity contribution is 6.30. The first kappa shape index (κ1) is 11.3. The van der Waals surface area contributed by atoms with E-state index < -0.39 is 5.38 Å².